The number of amides is 1. The summed E-state index contributed by atoms with van der Waals surface area (Å²) in [5, 5.41) is 0.340. The van der Waals surface area contributed by atoms with Gasteiger partial charge in [0.25, 0.3) is 5.91 Å². The molecular formula is C31H30N2O5S. The fraction of sp³-hybridized carbons (Fsp3) is 0.226. The van der Waals surface area contributed by atoms with Crippen molar-refractivity contribution in [2.75, 3.05) is 18.1 Å². The highest BCUT2D eigenvalue weighted by molar-refractivity contribution is 7.17. The highest BCUT2D eigenvalue weighted by Gasteiger charge is 2.26. The van der Waals surface area contributed by atoms with E-state index in [1.807, 2.05) is 91.0 Å². The fourth-order valence-corrected chi connectivity index (χ4v) is 5.13. The Kier molecular flexibility index (Phi) is 9.58. The van der Waals surface area contributed by atoms with Gasteiger partial charge in [-0.15, -0.1) is 0 Å². The summed E-state index contributed by atoms with van der Waals surface area (Å²) in [6.45, 7) is 3.43. The van der Waals surface area contributed by atoms with Gasteiger partial charge in [0, 0.05) is 5.92 Å². The van der Waals surface area contributed by atoms with Crippen molar-refractivity contribution in [1.82, 2.24) is 4.98 Å². The van der Waals surface area contributed by atoms with E-state index in [-0.39, 0.29) is 25.5 Å². The monoisotopic (exact) mass is 542 g/mol. The van der Waals surface area contributed by atoms with Crippen LogP contribution in [0.3, 0.4) is 0 Å². The summed E-state index contributed by atoms with van der Waals surface area (Å²) in [6.07, 6.45) is 0.0867. The number of hydrogen-bond acceptors (Lipinski definition) is 7. The standard InChI is InChI=1S/C31H30N2O5S/c1-3-37-30(36)29-22(2)32-31(39-29)33(20-23-13-7-4-8-14-23)27(34)21-38-28(35)19-26(24-15-9-5-10-16-24)25-17-11-6-12-18-25/h4-18,26H,3,19-21H2,1-2H3. The number of hydrogen-bond donors (Lipinski definition) is 0. The predicted octanol–water partition coefficient (Wildman–Crippen LogP) is 5.93. The van der Waals surface area contributed by atoms with E-state index in [2.05, 4.69) is 4.98 Å². The highest BCUT2D eigenvalue weighted by atomic mass is 32.1. The SMILES string of the molecule is CCOC(=O)c1sc(N(Cc2ccccc2)C(=O)COC(=O)CC(c2ccccc2)c2ccccc2)nc1C. The Labute approximate surface area is 232 Å². The summed E-state index contributed by atoms with van der Waals surface area (Å²) in [7, 11) is 0. The number of esters is 2. The van der Waals surface area contributed by atoms with Crippen molar-refractivity contribution in [3.8, 4) is 0 Å². The molecule has 0 fully saturated rings. The largest absolute Gasteiger partial charge is 0.462 e. The quantitative estimate of drug-likeness (QED) is 0.219. The number of rotatable bonds is 11. The Morgan fingerprint density at radius 3 is 1.97 bits per heavy atom. The average molecular weight is 543 g/mol. The van der Waals surface area contributed by atoms with Gasteiger partial charge in [0.1, 0.15) is 4.88 Å². The van der Waals surface area contributed by atoms with Gasteiger partial charge in [-0.3, -0.25) is 14.5 Å². The van der Waals surface area contributed by atoms with Crippen LogP contribution in [0.5, 0.6) is 0 Å². The third kappa shape index (κ3) is 7.39. The molecule has 4 rings (SSSR count). The van der Waals surface area contributed by atoms with Gasteiger partial charge in [-0.1, -0.05) is 102 Å². The highest BCUT2D eigenvalue weighted by Crippen LogP contribution is 2.30. The molecule has 1 aromatic heterocycles. The lowest BCUT2D eigenvalue weighted by atomic mass is 9.89. The third-order valence-electron chi connectivity index (χ3n) is 6.09. The van der Waals surface area contributed by atoms with Crippen LogP contribution in [-0.2, 0) is 25.6 Å². The number of aromatic nitrogens is 1. The Balaban J connectivity index is 1.50. The second-order valence-corrected chi connectivity index (χ2v) is 9.81. The molecule has 0 aliphatic rings. The van der Waals surface area contributed by atoms with E-state index in [1.54, 1.807) is 13.8 Å². The number of benzene rings is 3. The lowest BCUT2D eigenvalue weighted by Crippen LogP contribution is -2.34. The molecule has 0 saturated carbocycles. The molecular weight excluding hydrogens is 512 g/mol. The molecule has 7 nitrogen and oxygen atoms in total. The van der Waals surface area contributed by atoms with Crippen LogP contribution in [-0.4, -0.2) is 36.0 Å². The maximum Gasteiger partial charge on any atom is 0.350 e. The maximum absolute atomic E-state index is 13.4. The number of aryl methyl sites for hydroxylation is 1. The number of anilines is 1. The Hall–Kier alpha value is -4.30. The molecule has 0 N–H and O–H groups in total. The minimum atomic E-state index is -0.483. The molecule has 0 aliphatic heterocycles. The van der Waals surface area contributed by atoms with E-state index in [0.717, 1.165) is 28.0 Å². The fourth-order valence-electron chi connectivity index (χ4n) is 4.16. The molecule has 0 bridgehead atoms. The zero-order valence-electron chi connectivity index (χ0n) is 21.9. The predicted molar refractivity (Wildman–Crippen MR) is 151 cm³/mol. The van der Waals surface area contributed by atoms with Crippen LogP contribution < -0.4 is 4.90 Å². The number of nitrogens with zero attached hydrogens (tertiary/aromatic N) is 2. The van der Waals surface area contributed by atoms with Crippen LogP contribution in [0.2, 0.25) is 0 Å². The van der Waals surface area contributed by atoms with Gasteiger partial charge in [0.15, 0.2) is 11.7 Å². The first-order valence-corrected chi connectivity index (χ1v) is 13.5. The molecule has 200 valence electrons. The molecule has 8 heteroatoms. The molecule has 0 atom stereocenters. The summed E-state index contributed by atoms with van der Waals surface area (Å²) < 4.78 is 10.6. The van der Waals surface area contributed by atoms with E-state index in [1.165, 1.54) is 4.90 Å². The summed E-state index contributed by atoms with van der Waals surface area (Å²) in [6, 6.07) is 28.9. The van der Waals surface area contributed by atoms with Gasteiger partial charge in [-0.25, -0.2) is 9.78 Å². The topological polar surface area (TPSA) is 85.8 Å². The summed E-state index contributed by atoms with van der Waals surface area (Å²) in [4.78, 5) is 45.0. The van der Waals surface area contributed by atoms with Crippen LogP contribution in [0.4, 0.5) is 5.13 Å². The molecule has 39 heavy (non-hydrogen) atoms. The molecule has 4 aromatic rings. The van der Waals surface area contributed by atoms with Gasteiger partial charge >= 0.3 is 11.9 Å². The van der Waals surface area contributed by atoms with Crippen LogP contribution in [0, 0.1) is 6.92 Å². The van der Waals surface area contributed by atoms with Gasteiger partial charge in [0.2, 0.25) is 0 Å². The van der Waals surface area contributed by atoms with E-state index in [0.29, 0.717) is 15.7 Å². The summed E-state index contributed by atoms with van der Waals surface area (Å²) in [5.74, 6) is -1.61. The first kappa shape index (κ1) is 27.7. The van der Waals surface area contributed by atoms with E-state index in [9.17, 15) is 14.4 Å². The van der Waals surface area contributed by atoms with Crippen molar-refractivity contribution >= 4 is 34.3 Å². The molecule has 0 radical (unpaired) electrons. The lowest BCUT2D eigenvalue weighted by molar-refractivity contribution is -0.148. The van der Waals surface area contributed by atoms with Crippen LogP contribution >= 0.6 is 11.3 Å². The smallest absolute Gasteiger partial charge is 0.350 e. The molecule has 3 aromatic carbocycles. The van der Waals surface area contributed by atoms with Crippen molar-refractivity contribution in [2.45, 2.75) is 32.7 Å². The number of ether oxygens (including phenoxy) is 2. The normalized spacial score (nSPS) is 10.7. The Morgan fingerprint density at radius 1 is 0.846 bits per heavy atom. The summed E-state index contributed by atoms with van der Waals surface area (Å²) in [5.41, 5.74) is 3.32. The van der Waals surface area contributed by atoms with Crippen LogP contribution in [0.15, 0.2) is 91.0 Å². The van der Waals surface area contributed by atoms with E-state index >= 15 is 0 Å². The average Bonchev–Trinajstić information content (AvgIpc) is 3.36. The molecule has 1 amide bonds. The van der Waals surface area contributed by atoms with E-state index < -0.39 is 24.5 Å². The van der Waals surface area contributed by atoms with E-state index in [4.69, 9.17) is 9.47 Å². The van der Waals surface area contributed by atoms with Crippen LogP contribution in [0.1, 0.15) is 51.3 Å². The van der Waals surface area contributed by atoms with Crippen molar-refractivity contribution < 1.29 is 23.9 Å². The molecule has 0 spiro atoms. The zero-order chi connectivity index (χ0) is 27.6. The number of thiazole rings is 1. The lowest BCUT2D eigenvalue weighted by Gasteiger charge is -2.21. The third-order valence-corrected chi connectivity index (χ3v) is 7.25. The van der Waals surface area contributed by atoms with Crippen molar-refractivity contribution in [1.29, 1.82) is 0 Å². The van der Waals surface area contributed by atoms with Crippen LogP contribution in [0.25, 0.3) is 0 Å². The van der Waals surface area contributed by atoms with Gasteiger partial charge in [-0.05, 0) is 30.5 Å². The first-order chi connectivity index (χ1) is 19.0. The molecule has 0 aliphatic carbocycles. The zero-order valence-corrected chi connectivity index (χ0v) is 22.7. The Bertz CT molecular complexity index is 1350. The number of carbonyl (C=O) groups is 3. The van der Waals surface area contributed by atoms with Crippen molar-refractivity contribution in [3.05, 3.63) is 118 Å². The second kappa shape index (κ2) is 13.5. The van der Waals surface area contributed by atoms with Gasteiger partial charge in [-0.2, -0.15) is 0 Å². The number of carbonyl (C=O) groups excluding carboxylic acids is 3. The summed E-state index contributed by atoms with van der Waals surface area (Å²) >= 11 is 1.08. The van der Waals surface area contributed by atoms with Gasteiger partial charge < -0.3 is 9.47 Å². The molecule has 0 saturated heterocycles. The van der Waals surface area contributed by atoms with Gasteiger partial charge in [0.05, 0.1) is 25.3 Å². The van der Waals surface area contributed by atoms with Crippen molar-refractivity contribution in [3.63, 3.8) is 0 Å². The second-order valence-electron chi connectivity index (χ2n) is 8.84. The minimum absolute atomic E-state index is 0.0867. The molecule has 0 unspecified atom stereocenters. The Morgan fingerprint density at radius 2 is 1.41 bits per heavy atom. The maximum atomic E-state index is 13.4. The minimum Gasteiger partial charge on any atom is -0.462 e. The molecule has 1 heterocycles. The van der Waals surface area contributed by atoms with Crippen molar-refractivity contribution in [2.24, 2.45) is 0 Å². The first-order valence-electron chi connectivity index (χ1n) is 12.7.